The average Bonchev–Trinajstić information content (AvgIpc) is 3.46. The van der Waals surface area contributed by atoms with Gasteiger partial charge >= 0.3 is 0 Å². The largest absolute Gasteiger partial charge is 0.459 e. The number of anilines is 1. The first-order chi connectivity index (χ1) is 15.7. The summed E-state index contributed by atoms with van der Waals surface area (Å²) < 4.78 is 11.5. The first-order valence-corrected chi connectivity index (χ1v) is 11.8. The van der Waals surface area contributed by atoms with Crippen LogP contribution in [0.5, 0.6) is 0 Å². The highest BCUT2D eigenvalue weighted by atomic mass is 32.1. The highest BCUT2D eigenvalue weighted by molar-refractivity contribution is 7.18. The van der Waals surface area contributed by atoms with Crippen LogP contribution in [0.25, 0.3) is 10.2 Å². The maximum Gasteiger partial charge on any atom is 0.244 e. The summed E-state index contributed by atoms with van der Waals surface area (Å²) >= 11 is 1.72. The maximum atomic E-state index is 12.8. The Kier molecular flexibility index (Phi) is 5.94. The third-order valence-corrected chi connectivity index (χ3v) is 7.03. The van der Waals surface area contributed by atoms with E-state index >= 15 is 0 Å². The molecule has 1 amide bonds. The topological polar surface area (TPSA) is 67.8 Å². The number of ether oxygens (including phenoxy) is 2. The number of hydrogen-bond acceptors (Lipinski definition) is 7. The fourth-order valence-corrected chi connectivity index (χ4v) is 5.03. The lowest BCUT2D eigenvalue weighted by Crippen LogP contribution is -2.49. The normalized spacial score (nSPS) is 18.4. The van der Waals surface area contributed by atoms with Crippen molar-refractivity contribution in [3.8, 4) is 0 Å². The Balaban J connectivity index is 1.14. The summed E-state index contributed by atoms with van der Waals surface area (Å²) in [7, 11) is 0. The summed E-state index contributed by atoms with van der Waals surface area (Å²) in [5.41, 5.74) is 1.14. The summed E-state index contributed by atoms with van der Waals surface area (Å²) in [6, 6.07) is 12.3. The van der Waals surface area contributed by atoms with E-state index in [1.165, 1.54) is 4.88 Å². The predicted molar refractivity (Wildman–Crippen MR) is 124 cm³/mol. The van der Waals surface area contributed by atoms with Crippen LogP contribution in [-0.4, -0.2) is 53.2 Å². The molecule has 0 spiro atoms. The lowest BCUT2D eigenvalue weighted by molar-refractivity contribution is -0.131. The third-order valence-electron chi connectivity index (χ3n) is 5.84. The molecule has 3 aromatic rings. The summed E-state index contributed by atoms with van der Waals surface area (Å²) in [4.78, 5) is 28.3. The molecule has 2 aliphatic rings. The molecule has 0 saturated carbocycles. The lowest BCUT2D eigenvalue weighted by atomic mass is 10.1. The second-order valence-electron chi connectivity index (χ2n) is 7.98. The second-order valence-corrected chi connectivity index (χ2v) is 9.10. The molecule has 1 fully saturated rings. The Hall–Kier alpha value is -3.13. The minimum Gasteiger partial charge on any atom is -0.459 e. The fraction of sp³-hybridized carbons (Fsp3) is 0.375. The van der Waals surface area contributed by atoms with E-state index in [9.17, 15) is 4.79 Å². The summed E-state index contributed by atoms with van der Waals surface area (Å²) in [6.45, 7) is 4.98. The molecule has 32 heavy (non-hydrogen) atoms. The summed E-state index contributed by atoms with van der Waals surface area (Å²) in [5.74, 6) is 1.63. The zero-order valence-corrected chi connectivity index (χ0v) is 18.9. The van der Waals surface area contributed by atoms with E-state index in [1.807, 2.05) is 35.2 Å². The molecule has 1 unspecified atom stereocenters. The molecule has 4 heterocycles. The van der Waals surface area contributed by atoms with Crippen molar-refractivity contribution >= 4 is 33.3 Å². The second kappa shape index (κ2) is 9.16. The van der Waals surface area contributed by atoms with Crippen LogP contribution in [0.15, 0.2) is 54.7 Å². The molecule has 0 bridgehead atoms. The Morgan fingerprint density at radius 2 is 1.97 bits per heavy atom. The van der Waals surface area contributed by atoms with E-state index in [0.29, 0.717) is 25.3 Å². The van der Waals surface area contributed by atoms with Crippen molar-refractivity contribution < 1.29 is 14.3 Å². The van der Waals surface area contributed by atoms with Gasteiger partial charge in [-0.3, -0.25) is 4.79 Å². The van der Waals surface area contributed by atoms with Crippen LogP contribution in [0, 0.1) is 0 Å². The third kappa shape index (κ3) is 4.41. The molecule has 1 aromatic carbocycles. The van der Waals surface area contributed by atoms with Crippen molar-refractivity contribution in [2.45, 2.75) is 32.5 Å². The minimum absolute atomic E-state index is 0.0662. The van der Waals surface area contributed by atoms with E-state index in [2.05, 4.69) is 27.9 Å². The molecule has 166 valence electrons. The van der Waals surface area contributed by atoms with Gasteiger partial charge in [0.2, 0.25) is 12.2 Å². The molecule has 5 rings (SSSR count). The predicted octanol–water partition coefficient (Wildman–Crippen LogP) is 3.75. The van der Waals surface area contributed by atoms with Crippen LogP contribution >= 0.6 is 11.3 Å². The Morgan fingerprint density at radius 3 is 2.75 bits per heavy atom. The van der Waals surface area contributed by atoms with Crippen molar-refractivity contribution in [3.05, 3.63) is 65.2 Å². The van der Waals surface area contributed by atoms with Crippen LogP contribution in [0.2, 0.25) is 0 Å². The number of aromatic nitrogens is 2. The Morgan fingerprint density at radius 1 is 1.16 bits per heavy atom. The van der Waals surface area contributed by atoms with Gasteiger partial charge in [0.05, 0.1) is 11.8 Å². The Bertz CT molecular complexity index is 1120. The number of carbonyl (C=O) groups is 1. The lowest BCUT2D eigenvalue weighted by Gasteiger charge is -2.35. The van der Waals surface area contributed by atoms with E-state index in [0.717, 1.165) is 41.1 Å². The minimum atomic E-state index is -0.365. The van der Waals surface area contributed by atoms with Gasteiger partial charge in [0, 0.05) is 37.5 Å². The maximum absolute atomic E-state index is 12.8. The van der Waals surface area contributed by atoms with Gasteiger partial charge in [0.1, 0.15) is 29.0 Å². The monoisotopic (exact) mass is 450 g/mol. The van der Waals surface area contributed by atoms with Crippen LogP contribution < -0.4 is 4.90 Å². The molecule has 0 N–H and O–H groups in total. The van der Waals surface area contributed by atoms with Crippen LogP contribution in [0.3, 0.4) is 0 Å². The van der Waals surface area contributed by atoms with Crippen molar-refractivity contribution in [3.63, 3.8) is 0 Å². The van der Waals surface area contributed by atoms with E-state index in [-0.39, 0.29) is 18.6 Å². The van der Waals surface area contributed by atoms with E-state index in [4.69, 9.17) is 9.47 Å². The number of hydrogen-bond donors (Lipinski definition) is 0. The number of nitrogens with zero attached hydrogens (tertiary/aromatic N) is 4. The smallest absolute Gasteiger partial charge is 0.244 e. The zero-order chi connectivity index (χ0) is 21.9. The van der Waals surface area contributed by atoms with Crippen LogP contribution in [0.1, 0.15) is 23.8 Å². The van der Waals surface area contributed by atoms with Crippen molar-refractivity contribution in [2.75, 3.05) is 31.1 Å². The number of benzene rings is 1. The van der Waals surface area contributed by atoms with Gasteiger partial charge in [-0.15, -0.1) is 11.3 Å². The molecule has 7 nitrogen and oxygen atoms in total. The molecule has 8 heteroatoms. The van der Waals surface area contributed by atoms with Gasteiger partial charge in [-0.1, -0.05) is 37.3 Å². The molecular weight excluding hydrogens is 424 g/mol. The standard InChI is InChI=1S/C24H26N4O3S/c1-2-19-14-20-23(25-16-26-24(20)32-19)28-10-8-27(9-11-28)21(29)13-18-15-30-22(31-18)12-17-6-4-3-5-7-17/h3-7,14-16,22H,2,8-13H2,1H3. The van der Waals surface area contributed by atoms with E-state index < -0.39 is 0 Å². The van der Waals surface area contributed by atoms with Gasteiger partial charge in [0.25, 0.3) is 0 Å². The number of rotatable bonds is 6. The molecule has 2 aromatic heterocycles. The van der Waals surface area contributed by atoms with Crippen LogP contribution in [-0.2, 0) is 27.1 Å². The summed E-state index contributed by atoms with van der Waals surface area (Å²) in [5, 5.41) is 1.11. The fourth-order valence-electron chi connectivity index (χ4n) is 4.10. The van der Waals surface area contributed by atoms with Gasteiger partial charge in [-0.05, 0) is 18.1 Å². The van der Waals surface area contributed by atoms with Gasteiger partial charge < -0.3 is 19.3 Å². The first kappa shape index (κ1) is 20.8. The van der Waals surface area contributed by atoms with Crippen LogP contribution in [0.4, 0.5) is 5.82 Å². The Labute approximate surface area is 191 Å². The first-order valence-electron chi connectivity index (χ1n) is 11.0. The van der Waals surface area contributed by atoms with E-state index in [1.54, 1.807) is 23.9 Å². The SMILES string of the molecule is CCc1cc2c(N3CCN(C(=O)CC4=COC(Cc5ccccc5)O4)CC3)ncnc2s1. The molecule has 0 aliphatic carbocycles. The van der Waals surface area contributed by atoms with Crippen molar-refractivity contribution in [1.29, 1.82) is 0 Å². The number of thiophene rings is 1. The number of fused-ring (bicyclic) bond motifs is 1. The highest BCUT2D eigenvalue weighted by Crippen LogP contribution is 2.31. The quantitative estimate of drug-likeness (QED) is 0.570. The molecular formula is C24H26N4O3S. The van der Waals surface area contributed by atoms with Gasteiger partial charge in [-0.25, -0.2) is 9.97 Å². The zero-order valence-electron chi connectivity index (χ0n) is 18.1. The summed E-state index contributed by atoms with van der Waals surface area (Å²) in [6.07, 6.45) is 4.74. The molecule has 0 radical (unpaired) electrons. The number of carbonyl (C=O) groups excluding carboxylic acids is 1. The highest BCUT2D eigenvalue weighted by Gasteiger charge is 2.27. The van der Waals surface area contributed by atoms with Gasteiger partial charge in [-0.2, -0.15) is 0 Å². The molecule has 1 atom stereocenters. The number of piperazine rings is 1. The van der Waals surface area contributed by atoms with Gasteiger partial charge in [0.15, 0.2) is 0 Å². The average molecular weight is 451 g/mol. The number of amides is 1. The van der Waals surface area contributed by atoms with Crippen molar-refractivity contribution in [2.24, 2.45) is 0 Å². The number of aryl methyl sites for hydroxylation is 1. The molecule has 1 saturated heterocycles. The van der Waals surface area contributed by atoms with Crippen molar-refractivity contribution in [1.82, 2.24) is 14.9 Å². The molecule has 2 aliphatic heterocycles.